The highest BCUT2D eigenvalue weighted by Gasteiger charge is 2.16. The number of hydrogen-bond acceptors (Lipinski definition) is 3. The maximum Gasteiger partial charge on any atom is 0.213 e. The predicted molar refractivity (Wildman–Crippen MR) is 64.5 cm³/mol. The third kappa shape index (κ3) is 3.20. The summed E-state index contributed by atoms with van der Waals surface area (Å²) in [4.78, 5) is 4.21. The summed E-state index contributed by atoms with van der Waals surface area (Å²) in [6.45, 7) is 1.67. The second-order valence-corrected chi connectivity index (χ2v) is 4.47. The molecule has 1 aliphatic carbocycles. The Labute approximate surface area is 97.2 Å². The van der Waals surface area contributed by atoms with Gasteiger partial charge in [0.15, 0.2) is 0 Å². The Hall–Kier alpha value is -1.09. The highest BCUT2D eigenvalue weighted by Crippen LogP contribution is 2.29. The van der Waals surface area contributed by atoms with Gasteiger partial charge in [0.1, 0.15) is 0 Å². The number of ether oxygens (including phenoxy) is 1. The largest absolute Gasteiger partial charge is 0.478 e. The van der Waals surface area contributed by atoms with Crippen molar-refractivity contribution in [3.8, 4) is 5.88 Å². The van der Waals surface area contributed by atoms with Crippen LogP contribution in [0.3, 0.4) is 0 Å². The molecule has 1 heterocycles. The average Bonchev–Trinajstić information content (AvgIpc) is 2.23. The monoisotopic (exact) mass is 220 g/mol. The Morgan fingerprint density at radius 1 is 1.50 bits per heavy atom. The van der Waals surface area contributed by atoms with Crippen LogP contribution in [0, 0.1) is 5.92 Å². The van der Waals surface area contributed by atoms with Crippen LogP contribution < -0.4 is 10.1 Å². The quantitative estimate of drug-likeness (QED) is 0.799. The zero-order valence-corrected chi connectivity index (χ0v) is 9.91. The van der Waals surface area contributed by atoms with E-state index in [1.165, 1.54) is 31.2 Å². The van der Waals surface area contributed by atoms with Crippen molar-refractivity contribution in [1.29, 1.82) is 0 Å². The van der Waals surface area contributed by atoms with E-state index in [1.54, 1.807) is 0 Å². The highest BCUT2D eigenvalue weighted by molar-refractivity contribution is 5.20. The topological polar surface area (TPSA) is 34.2 Å². The van der Waals surface area contributed by atoms with Crippen LogP contribution in [0.1, 0.15) is 31.2 Å². The SMILES string of the molecule is CNCc1ccnc(OCCC2CCC2)c1. The molecule has 0 aliphatic heterocycles. The minimum Gasteiger partial charge on any atom is -0.478 e. The summed E-state index contributed by atoms with van der Waals surface area (Å²) in [5.74, 6) is 1.66. The van der Waals surface area contributed by atoms with Crippen molar-refractivity contribution < 1.29 is 4.74 Å². The van der Waals surface area contributed by atoms with Gasteiger partial charge < -0.3 is 10.1 Å². The smallest absolute Gasteiger partial charge is 0.213 e. The lowest BCUT2D eigenvalue weighted by molar-refractivity contribution is 0.217. The Bertz CT molecular complexity index is 323. The zero-order valence-electron chi connectivity index (χ0n) is 9.91. The maximum atomic E-state index is 5.66. The molecule has 1 N–H and O–H groups in total. The first-order valence-corrected chi connectivity index (χ1v) is 6.11. The molecule has 3 heteroatoms. The number of pyridine rings is 1. The molecule has 1 aliphatic rings. The molecule has 16 heavy (non-hydrogen) atoms. The normalized spacial score (nSPS) is 15.8. The first kappa shape index (κ1) is 11.4. The van der Waals surface area contributed by atoms with E-state index in [2.05, 4.69) is 10.3 Å². The van der Waals surface area contributed by atoms with Gasteiger partial charge >= 0.3 is 0 Å². The standard InChI is InChI=1S/C13H20N2O/c1-14-10-12-5-7-15-13(9-12)16-8-6-11-3-2-4-11/h5,7,9,11,14H,2-4,6,8,10H2,1H3. The molecule has 0 spiro atoms. The fourth-order valence-corrected chi connectivity index (χ4v) is 1.96. The van der Waals surface area contributed by atoms with Gasteiger partial charge in [-0.1, -0.05) is 19.3 Å². The number of aromatic nitrogens is 1. The summed E-state index contributed by atoms with van der Waals surface area (Å²) in [5.41, 5.74) is 1.22. The Morgan fingerprint density at radius 2 is 2.38 bits per heavy atom. The average molecular weight is 220 g/mol. The summed E-state index contributed by atoms with van der Waals surface area (Å²) < 4.78 is 5.66. The number of nitrogens with zero attached hydrogens (tertiary/aromatic N) is 1. The molecular formula is C13H20N2O. The predicted octanol–water partition coefficient (Wildman–Crippen LogP) is 2.37. The first-order valence-electron chi connectivity index (χ1n) is 6.11. The Balaban J connectivity index is 1.76. The molecule has 0 bridgehead atoms. The minimum atomic E-state index is 0.757. The molecule has 2 rings (SSSR count). The minimum absolute atomic E-state index is 0.757. The third-order valence-corrected chi connectivity index (χ3v) is 3.18. The van der Waals surface area contributed by atoms with Crippen molar-refractivity contribution in [1.82, 2.24) is 10.3 Å². The van der Waals surface area contributed by atoms with Crippen LogP contribution in [0.15, 0.2) is 18.3 Å². The molecule has 0 atom stereocenters. The van der Waals surface area contributed by atoms with Crippen LogP contribution in [0.25, 0.3) is 0 Å². The number of nitrogens with one attached hydrogen (secondary N) is 1. The molecule has 1 aromatic rings. The molecule has 0 saturated heterocycles. The van der Waals surface area contributed by atoms with E-state index in [9.17, 15) is 0 Å². The van der Waals surface area contributed by atoms with E-state index in [1.807, 2.05) is 25.4 Å². The Morgan fingerprint density at radius 3 is 3.06 bits per heavy atom. The van der Waals surface area contributed by atoms with Crippen LogP contribution in [-0.4, -0.2) is 18.6 Å². The lowest BCUT2D eigenvalue weighted by atomic mass is 9.83. The van der Waals surface area contributed by atoms with Gasteiger partial charge in [0.2, 0.25) is 5.88 Å². The molecule has 0 amide bonds. The van der Waals surface area contributed by atoms with Crippen molar-refractivity contribution >= 4 is 0 Å². The molecule has 3 nitrogen and oxygen atoms in total. The van der Waals surface area contributed by atoms with Crippen molar-refractivity contribution in [2.45, 2.75) is 32.2 Å². The van der Waals surface area contributed by atoms with Gasteiger partial charge in [0.25, 0.3) is 0 Å². The molecule has 1 saturated carbocycles. The number of rotatable bonds is 6. The van der Waals surface area contributed by atoms with E-state index in [4.69, 9.17) is 4.74 Å². The first-order chi connectivity index (χ1) is 7.88. The van der Waals surface area contributed by atoms with E-state index < -0.39 is 0 Å². The lowest BCUT2D eigenvalue weighted by Gasteiger charge is -2.24. The van der Waals surface area contributed by atoms with Crippen LogP contribution >= 0.6 is 0 Å². The number of hydrogen-bond donors (Lipinski definition) is 1. The summed E-state index contributed by atoms with van der Waals surface area (Å²) >= 11 is 0. The van der Waals surface area contributed by atoms with Crippen LogP contribution in [-0.2, 0) is 6.54 Å². The van der Waals surface area contributed by atoms with Crippen molar-refractivity contribution in [3.05, 3.63) is 23.9 Å². The summed E-state index contributed by atoms with van der Waals surface area (Å²) in [6, 6.07) is 4.02. The van der Waals surface area contributed by atoms with Crippen LogP contribution in [0.4, 0.5) is 0 Å². The second kappa shape index (κ2) is 5.85. The van der Waals surface area contributed by atoms with Gasteiger partial charge in [0.05, 0.1) is 6.61 Å². The van der Waals surface area contributed by atoms with Crippen LogP contribution in [0.5, 0.6) is 5.88 Å². The fraction of sp³-hybridized carbons (Fsp3) is 0.615. The van der Waals surface area contributed by atoms with Gasteiger partial charge in [-0.15, -0.1) is 0 Å². The van der Waals surface area contributed by atoms with Crippen LogP contribution in [0.2, 0.25) is 0 Å². The summed E-state index contributed by atoms with van der Waals surface area (Å²) in [5, 5.41) is 3.12. The zero-order chi connectivity index (χ0) is 11.2. The molecule has 0 aromatic carbocycles. The molecule has 1 fully saturated rings. The molecule has 0 radical (unpaired) electrons. The van der Waals surface area contributed by atoms with Gasteiger partial charge in [-0.25, -0.2) is 4.98 Å². The van der Waals surface area contributed by atoms with Crippen molar-refractivity contribution in [3.63, 3.8) is 0 Å². The van der Waals surface area contributed by atoms with E-state index in [0.717, 1.165) is 24.9 Å². The van der Waals surface area contributed by atoms with Gasteiger partial charge in [-0.05, 0) is 31.0 Å². The van der Waals surface area contributed by atoms with Crippen molar-refractivity contribution in [2.24, 2.45) is 5.92 Å². The van der Waals surface area contributed by atoms with Gasteiger partial charge in [-0.3, -0.25) is 0 Å². The summed E-state index contributed by atoms with van der Waals surface area (Å²) in [6.07, 6.45) is 7.16. The molecule has 1 aromatic heterocycles. The molecular weight excluding hydrogens is 200 g/mol. The van der Waals surface area contributed by atoms with E-state index in [0.29, 0.717) is 0 Å². The Kier molecular flexibility index (Phi) is 4.17. The fourth-order valence-electron chi connectivity index (χ4n) is 1.96. The molecule has 88 valence electrons. The summed E-state index contributed by atoms with van der Waals surface area (Å²) in [7, 11) is 1.94. The van der Waals surface area contributed by atoms with E-state index in [-0.39, 0.29) is 0 Å². The lowest BCUT2D eigenvalue weighted by Crippen LogP contribution is -2.14. The molecule has 0 unspecified atom stereocenters. The maximum absolute atomic E-state index is 5.66. The van der Waals surface area contributed by atoms with Gasteiger partial charge in [0, 0.05) is 18.8 Å². The highest BCUT2D eigenvalue weighted by atomic mass is 16.5. The second-order valence-electron chi connectivity index (χ2n) is 4.47. The van der Waals surface area contributed by atoms with E-state index >= 15 is 0 Å². The van der Waals surface area contributed by atoms with Gasteiger partial charge in [-0.2, -0.15) is 0 Å². The third-order valence-electron chi connectivity index (χ3n) is 3.18. The van der Waals surface area contributed by atoms with Crippen molar-refractivity contribution in [2.75, 3.05) is 13.7 Å².